The zero-order valence-electron chi connectivity index (χ0n) is 16.0. The fourth-order valence-electron chi connectivity index (χ4n) is 3.44. The minimum atomic E-state index is -0.0903. The van der Waals surface area contributed by atoms with Crippen molar-refractivity contribution >= 4 is 23.2 Å². The summed E-state index contributed by atoms with van der Waals surface area (Å²) in [5.74, 6) is -0.0962. The molecule has 142 valence electrons. The van der Waals surface area contributed by atoms with Crippen LogP contribution in [0.3, 0.4) is 0 Å². The van der Waals surface area contributed by atoms with Crippen LogP contribution in [-0.2, 0) is 9.59 Å². The van der Waals surface area contributed by atoms with E-state index in [-0.39, 0.29) is 17.7 Å². The highest BCUT2D eigenvalue weighted by atomic mass is 16.2. The van der Waals surface area contributed by atoms with Crippen LogP contribution in [0, 0.1) is 19.8 Å². The Labute approximate surface area is 160 Å². The number of rotatable bonds is 5. The quantitative estimate of drug-likeness (QED) is 0.851. The molecule has 27 heavy (non-hydrogen) atoms. The first-order chi connectivity index (χ1) is 13.0. The van der Waals surface area contributed by atoms with Crippen molar-refractivity contribution in [1.29, 1.82) is 0 Å². The van der Waals surface area contributed by atoms with Crippen molar-refractivity contribution in [1.82, 2.24) is 4.90 Å². The molecule has 0 unspecified atom stereocenters. The monoisotopic (exact) mass is 365 g/mol. The molecule has 2 N–H and O–H groups in total. The zero-order valence-corrected chi connectivity index (χ0v) is 16.0. The molecule has 1 aliphatic rings. The molecule has 0 aromatic heterocycles. The fraction of sp³-hybridized carbons (Fsp3) is 0.364. The Morgan fingerprint density at radius 1 is 1.07 bits per heavy atom. The van der Waals surface area contributed by atoms with Gasteiger partial charge < -0.3 is 10.6 Å². The molecule has 2 aromatic carbocycles. The second-order valence-corrected chi connectivity index (χ2v) is 7.30. The van der Waals surface area contributed by atoms with Gasteiger partial charge in [-0.25, -0.2) is 0 Å². The minimum absolute atomic E-state index is 0.0286. The average molecular weight is 365 g/mol. The van der Waals surface area contributed by atoms with E-state index in [1.165, 1.54) is 0 Å². The third-order valence-electron chi connectivity index (χ3n) is 4.95. The van der Waals surface area contributed by atoms with Crippen LogP contribution in [0.15, 0.2) is 48.5 Å². The fourth-order valence-corrected chi connectivity index (χ4v) is 3.44. The van der Waals surface area contributed by atoms with Gasteiger partial charge in [-0.15, -0.1) is 0 Å². The topological polar surface area (TPSA) is 61.4 Å². The summed E-state index contributed by atoms with van der Waals surface area (Å²) < 4.78 is 0. The van der Waals surface area contributed by atoms with E-state index in [0.29, 0.717) is 13.1 Å². The van der Waals surface area contributed by atoms with Crippen molar-refractivity contribution in [2.24, 2.45) is 5.92 Å². The second kappa shape index (κ2) is 8.82. The molecule has 0 saturated carbocycles. The van der Waals surface area contributed by atoms with Crippen molar-refractivity contribution in [2.45, 2.75) is 26.7 Å². The van der Waals surface area contributed by atoms with E-state index >= 15 is 0 Å². The molecule has 2 aromatic rings. The van der Waals surface area contributed by atoms with Gasteiger partial charge in [0.05, 0.1) is 12.5 Å². The maximum atomic E-state index is 12.5. The zero-order chi connectivity index (χ0) is 19.2. The van der Waals surface area contributed by atoms with Crippen molar-refractivity contribution in [2.75, 3.05) is 30.3 Å². The molecule has 0 spiro atoms. The lowest BCUT2D eigenvalue weighted by Crippen LogP contribution is -2.44. The molecule has 0 radical (unpaired) electrons. The standard InChI is InChI=1S/C22H27N3O2/c1-16-10-11-17(2)20(13-16)24-21(26)15-25-12-6-7-18(14-25)22(27)23-19-8-4-3-5-9-19/h3-5,8-11,13,18H,6-7,12,14-15H2,1-2H3,(H,23,27)(H,24,26)/t18-/m0/s1. The lowest BCUT2D eigenvalue weighted by molar-refractivity contribution is -0.123. The van der Waals surface area contributed by atoms with Crippen molar-refractivity contribution in [3.8, 4) is 0 Å². The maximum absolute atomic E-state index is 12.5. The number of amides is 2. The molecule has 1 atom stereocenters. The van der Waals surface area contributed by atoms with Crippen LogP contribution < -0.4 is 10.6 Å². The number of benzene rings is 2. The largest absolute Gasteiger partial charge is 0.326 e. The number of carbonyl (C=O) groups excluding carboxylic acids is 2. The summed E-state index contributed by atoms with van der Waals surface area (Å²) in [6.07, 6.45) is 1.78. The Hall–Kier alpha value is -2.66. The molecule has 1 aliphatic heterocycles. The number of likely N-dealkylation sites (tertiary alicyclic amines) is 1. The van der Waals surface area contributed by atoms with Gasteiger partial charge in [0.15, 0.2) is 0 Å². The molecule has 0 aliphatic carbocycles. The van der Waals surface area contributed by atoms with E-state index in [2.05, 4.69) is 15.5 Å². The van der Waals surface area contributed by atoms with Gasteiger partial charge in [-0.1, -0.05) is 30.3 Å². The number of carbonyl (C=O) groups is 2. The summed E-state index contributed by atoms with van der Waals surface area (Å²) in [5, 5.41) is 5.97. The van der Waals surface area contributed by atoms with Crippen LogP contribution in [0.25, 0.3) is 0 Å². The molecule has 3 rings (SSSR count). The summed E-state index contributed by atoms with van der Waals surface area (Å²) in [6.45, 7) is 5.76. The van der Waals surface area contributed by atoms with Crippen molar-refractivity contribution in [3.63, 3.8) is 0 Å². The first-order valence-corrected chi connectivity index (χ1v) is 9.46. The Kier molecular flexibility index (Phi) is 6.24. The number of aryl methyl sites for hydroxylation is 2. The highest BCUT2D eigenvalue weighted by Gasteiger charge is 2.27. The van der Waals surface area contributed by atoms with Gasteiger partial charge in [-0.2, -0.15) is 0 Å². The van der Waals surface area contributed by atoms with Crippen LogP contribution in [0.1, 0.15) is 24.0 Å². The highest BCUT2D eigenvalue weighted by molar-refractivity contribution is 5.94. The number of anilines is 2. The molecule has 1 fully saturated rings. The normalized spacial score (nSPS) is 17.3. The van der Waals surface area contributed by atoms with Crippen LogP contribution in [0.5, 0.6) is 0 Å². The molecule has 1 heterocycles. The van der Waals surface area contributed by atoms with E-state index in [0.717, 1.165) is 41.9 Å². The third kappa shape index (κ3) is 5.41. The van der Waals surface area contributed by atoms with Crippen molar-refractivity contribution in [3.05, 3.63) is 59.7 Å². The number of nitrogens with zero attached hydrogens (tertiary/aromatic N) is 1. The maximum Gasteiger partial charge on any atom is 0.238 e. The predicted octanol–water partition coefficient (Wildman–Crippen LogP) is 3.59. The molecular formula is C22H27N3O2. The van der Waals surface area contributed by atoms with Crippen LogP contribution >= 0.6 is 0 Å². The van der Waals surface area contributed by atoms with Crippen LogP contribution in [0.4, 0.5) is 11.4 Å². The smallest absolute Gasteiger partial charge is 0.238 e. The van der Waals surface area contributed by atoms with E-state index in [9.17, 15) is 9.59 Å². The van der Waals surface area contributed by atoms with E-state index in [1.807, 2.05) is 62.4 Å². The van der Waals surface area contributed by atoms with Gasteiger partial charge in [-0.05, 0) is 62.6 Å². The van der Waals surface area contributed by atoms with Crippen LogP contribution in [-0.4, -0.2) is 36.3 Å². The van der Waals surface area contributed by atoms with Gasteiger partial charge in [0.1, 0.15) is 0 Å². The number of hydrogen-bond acceptors (Lipinski definition) is 3. The summed E-state index contributed by atoms with van der Waals surface area (Å²) in [4.78, 5) is 27.1. The first-order valence-electron chi connectivity index (χ1n) is 9.46. The number of piperidine rings is 1. The molecule has 0 bridgehead atoms. The van der Waals surface area contributed by atoms with Crippen LogP contribution in [0.2, 0.25) is 0 Å². The van der Waals surface area contributed by atoms with Gasteiger partial charge in [0, 0.05) is 17.9 Å². The SMILES string of the molecule is Cc1ccc(C)c(NC(=O)CN2CCC[C@H](C(=O)Nc3ccccc3)C2)c1. The van der Waals surface area contributed by atoms with E-state index in [1.54, 1.807) is 0 Å². The molecular weight excluding hydrogens is 338 g/mol. The summed E-state index contributed by atoms with van der Waals surface area (Å²) >= 11 is 0. The Balaban J connectivity index is 1.54. The Morgan fingerprint density at radius 3 is 2.63 bits per heavy atom. The molecule has 5 heteroatoms. The average Bonchev–Trinajstić information content (AvgIpc) is 2.65. The summed E-state index contributed by atoms with van der Waals surface area (Å²) in [6, 6.07) is 15.5. The highest BCUT2D eigenvalue weighted by Crippen LogP contribution is 2.20. The lowest BCUT2D eigenvalue weighted by atomic mass is 9.97. The predicted molar refractivity (Wildman–Crippen MR) is 109 cm³/mol. The Bertz CT molecular complexity index is 804. The third-order valence-corrected chi connectivity index (χ3v) is 4.95. The first kappa shape index (κ1) is 19.1. The van der Waals surface area contributed by atoms with E-state index in [4.69, 9.17) is 0 Å². The minimum Gasteiger partial charge on any atom is -0.326 e. The Morgan fingerprint density at radius 2 is 1.85 bits per heavy atom. The van der Waals surface area contributed by atoms with Gasteiger partial charge >= 0.3 is 0 Å². The summed E-state index contributed by atoms with van der Waals surface area (Å²) in [5.41, 5.74) is 3.84. The molecule has 5 nitrogen and oxygen atoms in total. The number of hydrogen-bond donors (Lipinski definition) is 2. The second-order valence-electron chi connectivity index (χ2n) is 7.30. The van der Waals surface area contributed by atoms with Gasteiger partial charge in [-0.3, -0.25) is 14.5 Å². The molecule has 1 saturated heterocycles. The number of para-hydroxylation sites is 1. The summed E-state index contributed by atoms with van der Waals surface area (Å²) in [7, 11) is 0. The van der Waals surface area contributed by atoms with Gasteiger partial charge in [0.2, 0.25) is 11.8 Å². The van der Waals surface area contributed by atoms with E-state index < -0.39 is 0 Å². The van der Waals surface area contributed by atoms with Gasteiger partial charge in [0.25, 0.3) is 0 Å². The van der Waals surface area contributed by atoms with Crippen molar-refractivity contribution < 1.29 is 9.59 Å². The lowest BCUT2D eigenvalue weighted by Gasteiger charge is -2.31. The number of nitrogens with one attached hydrogen (secondary N) is 2. The molecule has 2 amide bonds.